The molecule has 1 aromatic carbocycles. The van der Waals surface area contributed by atoms with E-state index in [1.54, 1.807) is 11.1 Å². The molecule has 2 amide bonds. The van der Waals surface area contributed by atoms with Crippen molar-refractivity contribution in [2.75, 3.05) is 37.6 Å². The van der Waals surface area contributed by atoms with Gasteiger partial charge in [-0.1, -0.05) is 30.3 Å². The molecular weight excluding hydrogens is 330 g/mol. The molecule has 0 atom stereocenters. The number of hydrogen-bond donors (Lipinski definition) is 1. The van der Waals surface area contributed by atoms with Gasteiger partial charge < -0.3 is 15.1 Å². The Labute approximate surface area is 153 Å². The van der Waals surface area contributed by atoms with Crippen LogP contribution in [0.4, 0.5) is 5.82 Å². The Bertz CT molecular complexity index is 712. The fourth-order valence-corrected chi connectivity index (χ4v) is 2.89. The molecule has 3 rings (SSSR count). The molecule has 0 aliphatic carbocycles. The second-order valence-electron chi connectivity index (χ2n) is 6.23. The summed E-state index contributed by atoms with van der Waals surface area (Å²) in [7, 11) is 0. The molecule has 1 N–H and O–H groups in total. The second kappa shape index (κ2) is 8.94. The zero-order chi connectivity index (χ0) is 18.2. The summed E-state index contributed by atoms with van der Waals surface area (Å²) >= 11 is 0. The molecule has 0 spiro atoms. The first-order valence-electron chi connectivity index (χ1n) is 8.85. The number of hydrogen-bond acceptors (Lipinski definition) is 5. The molecular formula is C19H23N5O2. The lowest BCUT2D eigenvalue weighted by molar-refractivity contribution is -0.118. The molecule has 0 saturated carbocycles. The van der Waals surface area contributed by atoms with Crippen LogP contribution in [0.15, 0.2) is 42.7 Å². The maximum Gasteiger partial charge on any atom is 0.271 e. The predicted octanol–water partition coefficient (Wildman–Crippen LogP) is 1.12. The van der Waals surface area contributed by atoms with Crippen LogP contribution >= 0.6 is 0 Å². The summed E-state index contributed by atoms with van der Waals surface area (Å²) < 4.78 is 0. The molecule has 2 aromatic rings. The first-order chi connectivity index (χ1) is 12.8. The van der Waals surface area contributed by atoms with Crippen LogP contribution < -0.4 is 10.2 Å². The van der Waals surface area contributed by atoms with E-state index in [1.807, 2.05) is 18.2 Å². The molecule has 26 heavy (non-hydrogen) atoms. The van der Waals surface area contributed by atoms with E-state index >= 15 is 0 Å². The Hall–Kier alpha value is -2.96. The molecule has 136 valence electrons. The normalized spacial score (nSPS) is 14.2. The number of rotatable bonds is 7. The average Bonchev–Trinajstić information content (AvgIpc) is 2.72. The van der Waals surface area contributed by atoms with Crippen molar-refractivity contribution in [3.63, 3.8) is 0 Å². The lowest BCUT2D eigenvalue weighted by Gasteiger charge is -2.33. The van der Waals surface area contributed by atoms with E-state index in [4.69, 9.17) is 0 Å². The Morgan fingerprint density at radius 1 is 1.08 bits per heavy atom. The molecule has 7 nitrogen and oxygen atoms in total. The molecule has 1 aliphatic heterocycles. The second-order valence-corrected chi connectivity index (χ2v) is 6.23. The van der Waals surface area contributed by atoms with Crippen molar-refractivity contribution in [3.8, 4) is 0 Å². The van der Waals surface area contributed by atoms with Gasteiger partial charge in [0.1, 0.15) is 11.5 Å². The number of anilines is 1. The number of amides is 2. The minimum absolute atomic E-state index is 0.206. The minimum atomic E-state index is -0.206. The van der Waals surface area contributed by atoms with Crippen LogP contribution in [-0.2, 0) is 11.2 Å². The van der Waals surface area contributed by atoms with Gasteiger partial charge in [0.2, 0.25) is 6.41 Å². The number of aryl methyl sites for hydroxylation is 1. The smallest absolute Gasteiger partial charge is 0.271 e. The Morgan fingerprint density at radius 3 is 2.50 bits per heavy atom. The van der Waals surface area contributed by atoms with E-state index in [1.165, 1.54) is 11.8 Å². The maximum absolute atomic E-state index is 12.2. The van der Waals surface area contributed by atoms with Crippen LogP contribution in [0.3, 0.4) is 0 Å². The first-order valence-corrected chi connectivity index (χ1v) is 8.85. The monoisotopic (exact) mass is 353 g/mol. The van der Waals surface area contributed by atoms with Gasteiger partial charge in [0.05, 0.1) is 12.4 Å². The topological polar surface area (TPSA) is 78.4 Å². The molecule has 1 saturated heterocycles. The summed E-state index contributed by atoms with van der Waals surface area (Å²) in [5.41, 5.74) is 1.58. The maximum atomic E-state index is 12.2. The first kappa shape index (κ1) is 17.8. The highest BCUT2D eigenvalue weighted by atomic mass is 16.2. The average molecular weight is 353 g/mol. The van der Waals surface area contributed by atoms with E-state index in [9.17, 15) is 9.59 Å². The fourth-order valence-electron chi connectivity index (χ4n) is 2.89. The number of carbonyl (C=O) groups is 2. The summed E-state index contributed by atoms with van der Waals surface area (Å²) in [6.45, 7) is 3.39. The highest BCUT2D eigenvalue weighted by Crippen LogP contribution is 2.11. The van der Waals surface area contributed by atoms with Crippen LogP contribution in [0, 0.1) is 0 Å². The van der Waals surface area contributed by atoms with Crippen LogP contribution in [0.25, 0.3) is 0 Å². The van der Waals surface area contributed by atoms with Gasteiger partial charge in [0.15, 0.2) is 0 Å². The van der Waals surface area contributed by atoms with Crippen molar-refractivity contribution >= 4 is 18.1 Å². The third-order valence-electron chi connectivity index (χ3n) is 4.43. The van der Waals surface area contributed by atoms with Crippen molar-refractivity contribution < 1.29 is 9.59 Å². The summed E-state index contributed by atoms with van der Waals surface area (Å²) in [6, 6.07) is 10.2. The lowest BCUT2D eigenvalue weighted by atomic mass is 10.1. The highest BCUT2D eigenvalue weighted by molar-refractivity contribution is 5.91. The highest BCUT2D eigenvalue weighted by Gasteiger charge is 2.17. The Balaban J connectivity index is 1.44. The van der Waals surface area contributed by atoms with Gasteiger partial charge in [-0.2, -0.15) is 0 Å². The number of aromatic nitrogens is 2. The molecule has 0 unspecified atom stereocenters. The van der Waals surface area contributed by atoms with Crippen molar-refractivity contribution in [1.29, 1.82) is 0 Å². The zero-order valence-electron chi connectivity index (χ0n) is 14.7. The molecule has 1 aromatic heterocycles. The van der Waals surface area contributed by atoms with E-state index in [-0.39, 0.29) is 5.91 Å². The van der Waals surface area contributed by atoms with Crippen LogP contribution in [0.2, 0.25) is 0 Å². The van der Waals surface area contributed by atoms with E-state index < -0.39 is 0 Å². The Morgan fingerprint density at radius 2 is 1.85 bits per heavy atom. The van der Waals surface area contributed by atoms with Crippen LogP contribution in [-0.4, -0.2) is 59.9 Å². The molecule has 1 aliphatic rings. The van der Waals surface area contributed by atoms with Gasteiger partial charge in [-0.3, -0.25) is 9.59 Å². The summed E-state index contributed by atoms with van der Waals surface area (Å²) in [6.07, 6.45) is 5.80. The number of carbonyl (C=O) groups excluding carboxylic acids is 2. The fraction of sp³-hybridized carbons (Fsp3) is 0.368. The van der Waals surface area contributed by atoms with Crippen molar-refractivity contribution in [1.82, 2.24) is 20.2 Å². The van der Waals surface area contributed by atoms with Crippen molar-refractivity contribution in [3.05, 3.63) is 54.0 Å². The van der Waals surface area contributed by atoms with E-state index in [2.05, 4.69) is 32.3 Å². The molecule has 2 heterocycles. The van der Waals surface area contributed by atoms with Crippen LogP contribution in [0.5, 0.6) is 0 Å². The lowest BCUT2D eigenvalue weighted by Crippen LogP contribution is -2.46. The number of nitrogens with zero attached hydrogens (tertiary/aromatic N) is 4. The van der Waals surface area contributed by atoms with Gasteiger partial charge in [0, 0.05) is 32.7 Å². The number of piperazine rings is 1. The Kier molecular flexibility index (Phi) is 6.14. The summed E-state index contributed by atoms with van der Waals surface area (Å²) in [4.78, 5) is 35.3. The minimum Gasteiger partial charge on any atom is -0.352 e. The molecule has 0 bridgehead atoms. The predicted molar refractivity (Wildman–Crippen MR) is 99.0 cm³/mol. The quantitative estimate of drug-likeness (QED) is 0.596. The van der Waals surface area contributed by atoms with Gasteiger partial charge in [0.25, 0.3) is 5.91 Å². The molecule has 1 fully saturated rings. The SMILES string of the molecule is O=CN1CCN(c2cnc(C(=O)NCCCc3ccccc3)cn2)CC1. The van der Waals surface area contributed by atoms with Gasteiger partial charge in [-0.05, 0) is 18.4 Å². The third kappa shape index (κ3) is 4.78. The van der Waals surface area contributed by atoms with Gasteiger partial charge in [-0.25, -0.2) is 9.97 Å². The third-order valence-corrected chi connectivity index (χ3v) is 4.43. The molecule has 7 heteroatoms. The molecule has 0 radical (unpaired) electrons. The number of nitrogens with one attached hydrogen (secondary N) is 1. The summed E-state index contributed by atoms with van der Waals surface area (Å²) in [5, 5.41) is 2.88. The largest absolute Gasteiger partial charge is 0.352 e. The van der Waals surface area contributed by atoms with Gasteiger partial charge >= 0.3 is 0 Å². The van der Waals surface area contributed by atoms with Crippen molar-refractivity contribution in [2.45, 2.75) is 12.8 Å². The van der Waals surface area contributed by atoms with Crippen molar-refractivity contribution in [2.24, 2.45) is 0 Å². The summed E-state index contributed by atoms with van der Waals surface area (Å²) in [5.74, 6) is 0.527. The van der Waals surface area contributed by atoms with Crippen LogP contribution in [0.1, 0.15) is 22.5 Å². The van der Waals surface area contributed by atoms with E-state index in [0.717, 1.165) is 38.2 Å². The zero-order valence-corrected chi connectivity index (χ0v) is 14.7. The van der Waals surface area contributed by atoms with Gasteiger partial charge in [-0.15, -0.1) is 0 Å². The number of benzene rings is 1. The van der Waals surface area contributed by atoms with E-state index in [0.29, 0.717) is 25.3 Å². The standard InChI is InChI=1S/C19H23N5O2/c25-15-23-9-11-24(12-10-23)18-14-21-17(13-22-18)19(26)20-8-4-7-16-5-2-1-3-6-16/h1-3,5-6,13-15H,4,7-12H2,(H,20,26).